The number of hydrogen-bond acceptors (Lipinski definition) is 3. The monoisotopic (exact) mass is 360 g/mol. The number of benzene rings is 3. The highest BCUT2D eigenvalue weighted by Crippen LogP contribution is 2.35. The van der Waals surface area contributed by atoms with E-state index in [1.165, 1.54) is 18.1 Å². The lowest BCUT2D eigenvalue weighted by Gasteiger charge is -2.21. The molecule has 3 heteroatoms. The molecule has 0 amide bonds. The predicted octanol–water partition coefficient (Wildman–Crippen LogP) is 5.42. The SMILES string of the molecule is COc1ccc(C(c2ccccc2)c2ccc(OC(C)=O)c(C)c2)cc1C. The van der Waals surface area contributed by atoms with Gasteiger partial charge in [-0.3, -0.25) is 4.79 Å². The van der Waals surface area contributed by atoms with Gasteiger partial charge in [0.2, 0.25) is 0 Å². The summed E-state index contributed by atoms with van der Waals surface area (Å²) in [6, 6.07) is 22.7. The highest BCUT2D eigenvalue weighted by molar-refractivity contribution is 5.70. The van der Waals surface area contributed by atoms with Crippen molar-refractivity contribution < 1.29 is 14.3 Å². The number of aryl methyl sites for hydroxylation is 2. The molecule has 1 unspecified atom stereocenters. The Morgan fingerprint density at radius 3 is 1.81 bits per heavy atom. The standard InChI is InChI=1S/C24H24O3/c1-16-14-20(10-12-22(16)26-4)24(19-8-6-5-7-9-19)21-11-13-23(17(2)15-21)27-18(3)25/h5-15,24H,1-4H3. The van der Waals surface area contributed by atoms with E-state index in [2.05, 4.69) is 49.4 Å². The van der Waals surface area contributed by atoms with E-state index in [9.17, 15) is 4.79 Å². The summed E-state index contributed by atoms with van der Waals surface area (Å²) >= 11 is 0. The number of methoxy groups -OCH3 is 1. The predicted molar refractivity (Wildman–Crippen MR) is 108 cm³/mol. The molecule has 0 N–H and O–H groups in total. The van der Waals surface area contributed by atoms with E-state index in [0.717, 1.165) is 22.4 Å². The van der Waals surface area contributed by atoms with Gasteiger partial charge in [0.1, 0.15) is 11.5 Å². The van der Waals surface area contributed by atoms with Crippen LogP contribution in [0.5, 0.6) is 11.5 Å². The maximum atomic E-state index is 11.3. The van der Waals surface area contributed by atoms with Gasteiger partial charge in [0.15, 0.2) is 0 Å². The van der Waals surface area contributed by atoms with Crippen LogP contribution in [-0.4, -0.2) is 13.1 Å². The lowest BCUT2D eigenvalue weighted by atomic mass is 9.84. The summed E-state index contributed by atoms with van der Waals surface area (Å²) in [5.74, 6) is 1.26. The summed E-state index contributed by atoms with van der Waals surface area (Å²) in [7, 11) is 1.69. The molecule has 0 aromatic heterocycles. The second-order valence-electron chi connectivity index (χ2n) is 6.69. The number of esters is 1. The Kier molecular flexibility index (Phi) is 5.60. The fourth-order valence-corrected chi connectivity index (χ4v) is 3.43. The van der Waals surface area contributed by atoms with Crippen molar-refractivity contribution >= 4 is 5.97 Å². The maximum Gasteiger partial charge on any atom is 0.308 e. The Hall–Kier alpha value is -3.07. The van der Waals surface area contributed by atoms with Gasteiger partial charge in [-0.25, -0.2) is 0 Å². The Morgan fingerprint density at radius 1 is 0.778 bits per heavy atom. The quantitative estimate of drug-likeness (QED) is 0.346. The highest BCUT2D eigenvalue weighted by Gasteiger charge is 2.19. The van der Waals surface area contributed by atoms with E-state index in [4.69, 9.17) is 9.47 Å². The molecule has 0 fully saturated rings. The van der Waals surface area contributed by atoms with Gasteiger partial charge < -0.3 is 9.47 Å². The summed E-state index contributed by atoms with van der Waals surface area (Å²) in [5, 5.41) is 0. The molecule has 1 atom stereocenters. The van der Waals surface area contributed by atoms with Crippen LogP contribution >= 0.6 is 0 Å². The average Bonchev–Trinajstić information content (AvgIpc) is 2.65. The summed E-state index contributed by atoms with van der Waals surface area (Å²) < 4.78 is 10.7. The molecule has 0 bridgehead atoms. The lowest BCUT2D eigenvalue weighted by molar-refractivity contribution is -0.131. The van der Waals surface area contributed by atoms with Gasteiger partial charge in [-0.05, 0) is 53.8 Å². The van der Waals surface area contributed by atoms with Crippen molar-refractivity contribution in [2.75, 3.05) is 7.11 Å². The fourth-order valence-electron chi connectivity index (χ4n) is 3.43. The van der Waals surface area contributed by atoms with Crippen LogP contribution in [0.15, 0.2) is 66.7 Å². The third-order valence-corrected chi connectivity index (χ3v) is 4.67. The Morgan fingerprint density at radius 2 is 1.33 bits per heavy atom. The largest absolute Gasteiger partial charge is 0.496 e. The van der Waals surface area contributed by atoms with Gasteiger partial charge in [-0.2, -0.15) is 0 Å². The third-order valence-electron chi connectivity index (χ3n) is 4.67. The van der Waals surface area contributed by atoms with Crippen LogP contribution < -0.4 is 9.47 Å². The van der Waals surface area contributed by atoms with Crippen LogP contribution in [0.1, 0.15) is 40.7 Å². The van der Waals surface area contributed by atoms with Crippen LogP contribution in [0, 0.1) is 13.8 Å². The first kappa shape index (κ1) is 18.7. The molecule has 3 aromatic rings. The van der Waals surface area contributed by atoms with Crippen LogP contribution in [0.25, 0.3) is 0 Å². The van der Waals surface area contributed by atoms with E-state index < -0.39 is 0 Å². The number of hydrogen-bond donors (Lipinski definition) is 0. The first-order valence-corrected chi connectivity index (χ1v) is 8.98. The van der Waals surface area contributed by atoms with E-state index in [1.54, 1.807) is 7.11 Å². The van der Waals surface area contributed by atoms with Crippen molar-refractivity contribution in [2.45, 2.75) is 26.7 Å². The molecular formula is C24H24O3. The van der Waals surface area contributed by atoms with Crippen LogP contribution in [0.3, 0.4) is 0 Å². The summed E-state index contributed by atoms with van der Waals surface area (Å²) in [6.07, 6.45) is 0. The van der Waals surface area contributed by atoms with Gasteiger partial charge in [0.05, 0.1) is 7.11 Å². The molecule has 0 saturated carbocycles. The lowest BCUT2D eigenvalue weighted by Crippen LogP contribution is -2.06. The molecule has 3 nitrogen and oxygen atoms in total. The number of rotatable bonds is 5. The van der Waals surface area contributed by atoms with Crippen molar-refractivity contribution in [3.05, 3.63) is 94.5 Å². The zero-order valence-corrected chi connectivity index (χ0v) is 16.2. The molecule has 0 heterocycles. The molecule has 0 aliphatic carbocycles. The summed E-state index contributed by atoms with van der Waals surface area (Å²) in [5.41, 5.74) is 5.60. The van der Waals surface area contributed by atoms with Crippen LogP contribution in [0.2, 0.25) is 0 Å². The highest BCUT2D eigenvalue weighted by atomic mass is 16.5. The van der Waals surface area contributed by atoms with Crippen molar-refractivity contribution in [3.8, 4) is 11.5 Å². The second-order valence-corrected chi connectivity index (χ2v) is 6.69. The Balaban J connectivity index is 2.10. The molecule has 0 radical (unpaired) electrons. The average molecular weight is 360 g/mol. The van der Waals surface area contributed by atoms with Gasteiger partial charge in [0.25, 0.3) is 0 Å². The van der Waals surface area contributed by atoms with E-state index in [-0.39, 0.29) is 11.9 Å². The van der Waals surface area contributed by atoms with Crippen molar-refractivity contribution in [1.82, 2.24) is 0 Å². The molecule has 0 spiro atoms. The second kappa shape index (κ2) is 8.09. The van der Waals surface area contributed by atoms with Gasteiger partial charge in [-0.15, -0.1) is 0 Å². The molecule has 3 aromatic carbocycles. The minimum Gasteiger partial charge on any atom is -0.496 e. The maximum absolute atomic E-state index is 11.3. The van der Waals surface area contributed by atoms with Crippen molar-refractivity contribution in [1.29, 1.82) is 0 Å². The zero-order valence-electron chi connectivity index (χ0n) is 16.2. The van der Waals surface area contributed by atoms with Crippen molar-refractivity contribution in [3.63, 3.8) is 0 Å². The molecule has 0 aliphatic heterocycles. The van der Waals surface area contributed by atoms with E-state index in [1.807, 2.05) is 31.2 Å². The smallest absolute Gasteiger partial charge is 0.308 e. The first-order valence-electron chi connectivity index (χ1n) is 8.98. The number of carbonyl (C=O) groups excluding carboxylic acids is 1. The molecule has 0 saturated heterocycles. The Labute approximate surface area is 160 Å². The van der Waals surface area contributed by atoms with Gasteiger partial charge >= 0.3 is 5.97 Å². The Bertz CT molecular complexity index is 945. The molecule has 27 heavy (non-hydrogen) atoms. The van der Waals surface area contributed by atoms with Gasteiger partial charge in [-0.1, -0.05) is 54.6 Å². The van der Waals surface area contributed by atoms with Crippen LogP contribution in [-0.2, 0) is 4.79 Å². The topological polar surface area (TPSA) is 35.5 Å². The molecule has 3 rings (SSSR count). The molecule has 138 valence electrons. The van der Waals surface area contributed by atoms with Crippen molar-refractivity contribution in [2.24, 2.45) is 0 Å². The summed E-state index contributed by atoms with van der Waals surface area (Å²) in [4.78, 5) is 11.3. The molecular weight excluding hydrogens is 336 g/mol. The van der Waals surface area contributed by atoms with Crippen LogP contribution in [0.4, 0.5) is 0 Å². The normalized spacial score (nSPS) is 11.7. The first-order chi connectivity index (χ1) is 13.0. The minimum absolute atomic E-state index is 0.0842. The number of ether oxygens (including phenoxy) is 2. The van der Waals surface area contributed by atoms with E-state index in [0.29, 0.717) is 5.75 Å². The minimum atomic E-state index is -0.309. The fraction of sp³-hybridized carbons (Fsp3) is 0.208. The number of carbonyl (C=O) groups is 1. The zero-order chi connectivity index (χ0) is 19.4. The summed E-state index contributed by atoms with van der Waals surface area (Å²) in [6.45, 7) is 5.43. The third kappa shape index (κ3) is 4.20. The van der Waals surface area contributed by atoms with E-state index >= 15 is 0 Å². The molecule has 0 aliphatic rings. The van der Waals surface area contributed by atoms with Gasteiger partial charge in [0, 0.05) is 12.8 Å².